The van der Waals surface area contributed by atoms with Crippen molar-refractivity contribution in [3.8, 4) is 5.75 Å². The van der Waals surface area contributed by atoms with E-state index in [1.54, 1.807) is 0 Å². The molecule has 1 atom stereocenters. The van der Waals surface area contributed by atoms with Gasteiger partial charge in [-0.2, -0.15) is 0 Å². The average molecular weight is 404 g/mol. The number of hydrogen-bond donors (Lipinski definition) is 0. The third-order valence-electron chi connectivity index (χ3n) is 5.28. The second-order valence-corrected chi connectivity index (χ2v) is 8.47. The summed E-state index contributed by atoms with van der Waals surface area (Å²) in [6.07, 6.45) is 6.74. The summed E-state index contributed by atoms with van der Waals surface area (Å²) in [6.45, 7) is 8.73. The minimum atomic E-state index is 0. The molecule has 0 aliphatic heterocycles. The molecule has 2 nitrogen and oxygen atoms in total. The summed E-state index contributed by atoms with van der Waals surface area (Å²) >= 11 is 0. The van der Waals surface area contributed by atoms with Gasteiger partial charge in [-0.05, 0) is 30.9 Å². The Balaban J connectivity index is 0.00000392. The van der Waals surface area contributed by atoms with Crippen molar-refractivity contribution >= 4 is 0 Å². The lowest BCUT2D eigenvalue weighted by molar-refractivity contribution is -0.922. The van der Waals surface area contributed by atoms with E-state index in [-0.39, 0.29) is 12.4 Å². The van der Waals surface area contributed by atoms with E-state index in [4.69, 9.17) is 4.74 Å². The van der Waals surface area contributed by atoms with Gasteiger partial charge in [-0.25, -0.2) is 0 Å². The molecule has 0 spiro atoms. The SMILES string of the molecule is CC(C)CCCCCC[N+](C)(CCOc1ccccc1)Cc1ccccc1.[Cl-]. The van der Waals surface area contributed by atoms with Crippen LogP contribution in [0.15, 0.2) is 60.7 Å². The first kappa shape index (κ1) is 24.5. The molecule has 2 rings (SSSR count). The van der Waals surface area contributed by atoms with Crippen molar-refractivity contribution in [1.82, 2.24) is 0 Å². The Labute approximate surface area is 178 Å². The first-order valence-corrected chi connectivity index (χ1v) is 10.6. The standard InChI is InChI=1S/C25H38NO.ClH/c1-23(2)14-8-4-5-13-19-26(3,22-24-15-9-6-10-16-24)20-21-27-25-17-11-7-12-18-25;/h6-7,9-12,15-18,23H,4-5,8,13-14,19-22H2,1-3H3;1H/q+1;/p-1. The summed E-state index contributed by atoms with van der Waals surface area (Å²) in [4.78, 5) is 0. The normalized spacial score (nSPS) is 13.0. The third kappa shape index (κ3) is 10.1. The topological polar surface area (TPSA) is 9.23 Å². The molecule has 0 N–H and O–H groups in total. The molecule has 0 aliphatic rings. The van der Waals surface area contributed by atoms with Crippen LogP contribution in [-0.4, -0.2) is 31.2 Å². The average Bonchev–Trinajstić information content (AvgIpc) is 2.66. The molecule has 1 unspecified atom stereocenters. The fourth-order valence-electron chi connectivity index (χ4n) is 3.59. The van der Waals surface area contributed by atoms with Crippen LogP contribution in [0.4, 0.5) is 0 Å². The van der Waals surface area contributed by atoms with Crippen LogP contribution in [0.25, 0.3) is 0 Å². The van der Waals surface area contributed by atoms with E-state index < -0.39 is 0 Å². The largest absolute Gasteiger partial charge is 1.00 e. The van der Waals surface area contributed by atoms with Gasteiger partial charge in [-0.3, -0.25) is 0 Å². The molecule has 2 aromatic carbocycles. The molecule has 0 amide bonds. The first-order chi connectivity index (χ1) is 13.1. The highest BCUT2D eigenvalue weighted by Crippen LogP contribution is 2.17. The highest BCUT2D eigenvalue weighted by molar-refractivity contribution is 5.20. The Bertz CT molecular complexity index is 617. The zero-order valence-corrected chi connectivity index (χ0v) is 18.7. The van der Waals surface area contributed by atoms with Gasteiger partial charge in [0.1, 0.15) is 25.4 Å². The third-order valence-corrected chi connectivity index (χ3v) is 5.28. The van der Waals surface area contributed by atoms with Crippen LogP contribution in [0.5, 0.6) is 5.75 Å². The van der Waals surface area contributed by atoms with Crippen molar-refractivity contribution in [1.29, 1.82) is 0 Å². The molecular weight excluding hydrogens is 366 g/mol. The van der Waals surface area contributed by atoms with Crippen LogP contribution in [0.2, 0.25) is 0 Å². The van der Waals surface area contributed by atoms with Crippen molar-refractivity contribution < 1.29 is 21.6 Å². The molecule has 3 heteroatoms. The van der Waals surface area contributed by atoms with Crippen molar-refractivity contribution in [2.24, 2.45) is 5.92 Å². The van der Waals surface area contributed by atoms with E-state index in [1.807, 2.05) is 30.3 Å². The van der Waals surface area contributed by atoms with E-state index in [2.05, 4.69) is 51.2 Å². The van der Waals surface area contributed by atoms with E-state index in [9.17, 15) is 0 Å². The van der Waals surface area contributed by atoms with E-state index in [1.165, 1.54) is 44.2 Å². The summed E-state index contributed by atoms with van der Waals surface area (Å²) in [6, 6.07) is 21.1. The summed E-state index contributed by atoms with van der Waals surface area (Å²) in [5.74, 6) is 1.80. The number of unbranched alkanes of at least 4 members (excludes halogenated alkanes) is 3. The highest BCUT2D eigenvalue weighted by Gasteiger charge is 2.22. The number of likely N-dealkylation sites (N-methyl/N-ethyl adjacent to an activating group) is 1. The lowest BCUT2D eigenvalue weighted by Crippen LogP contribution is -3.00. The fourth-order valence-corrected chi connectivity index (χ4v) is 3.59. The predicted octanol–water partition coefficient (Wildman–Crippen LogP) is 3.32. The van der Waals surface area contributed by atoms with Crippen LogP contribution in [-0.2, 0) is 6.54 Å². The van der Waals surface area contributed by atoms with Crippen molar-refractivity contribution in [3.05, 3.63) is 66.2 Å². The lowest BCUT2D eigenvalue weighted by atomic mass is 10.0. The van der Waals surface area contributed by atoms with Crippen molar-refractivity contribution in [2.75, 3.05) is 26.7 Å². The number of ether oxygens (including phenoxy) is 1. The Morgan fingerprint density at radius 2 is 1.39 bits per heavy atom. The number of quaternary nitrogens is 1. The first-order valence-electron chi connectivity index (χ1n) is 10.6. The predicted molar refractivity (Wildman–Crippen MR) is 116 cm³/mol. The summed E-state index contributed by atoms with van der Waals surface area (Å²) in [5, 5.41) is 0. The minimum absolute atomic E-state index is 0. The highest BCUT2D eigenvalue weighted by atomic mass is 35.5. The van der Waals surface area contributed by atoms with Crippen molar-refractivity contribution in [2.45, 2.75) is 52.5 Å². The number of halogens is 1. The summed E-state index contributed by atoms with van der Waals surface area (Å²) in [7, 11) is 2.38. The van der Waals surface area contributed by atoms with Gasteiger partial charge in [0.25, 0.3) is 0 Å². The zero-order valence-electron chi connectivity index (χ0n) is 17.9. The molecule has 28 heavy (non-hydrogen) atoms. The molecule has 2 aromatic rings. The molecule has 0 heterocycles. The van der Waals surface area contributed by atoms with Gasteiger partial charge in [0.15, 0.2) is 0 Å². The Morgan fingerprint density at radius 1 is 0.786 bits per heavy atom. The van der Waals surface area contributed by atoms with Gasteiger partial charge in [-0.1, -0.05) is 81.6 Å². The molecule has 0 radical (unpaired) electrons. The minimum Gasteiger partial charge on any atom is -1.00 e. The van der Waals surface area contributed by atoms with Crippen LogP contribution in [0.3, 0.4) is 0 Å². The summed E-state index contributed by atoms with van der Waals surface area (Å²) < 4.78 is 7.04. The van der Waals surface area contributed by atoms with Crippen LogP contribution in [0.1, 0.15) is 51.5 Å². The van der Waals surface area contributed by atoms with Crippen LogP contribution < -0.4 is 17.1 Å². The Morgan fingerprint density at radius 3 is 2.04 bits per heavy atom. The van der Waals surface area contributed by atoms with Gasteiger partial charge in [0.05, 0.1) is 13.6 Å². The number of nitrogens with zero attached hydrogens (tertiary/aromatic N) is 1. The molecule has 0 fully saturated rings. The smallest absolute Gasteiger partial charge is 0.137 e. The number of para-hydroxylation sites is 1. The molecule has 0 saturated carbocycles. The monoisotopic (exact) mass is 403 g/mol. The van der Waals surface area contributed by atoms with E-state index in [0.29, 0.717) is 0 Å². The quantitative estimate of drug-likeness (QED) is 0.368. The lowest BCUT2D eigenvalue weighted by Gasteiger charge is -2.35. The van der Waals surface area contributed by atoms with E-state index in [0.717, 1.165) is 35.8 Å². The van der Waals surface area contributed by atoms with Crippen LogP contribution >= 0.6 is 0 Å². The second kappa shape index (κ2) is 13.6. The Hall–Kier alpha value is -1.51. The van der Waals surface area contributed by atoms with Gasteiger partial charge < -0.3 is 21.6 Å². The molecule has 0 bridgehead atoms. The van der Waals surface area contributed by atoms with Gasteiger partial charge in [0, 0.05) is 5.56 Å². The zero-order chi connectivity index (χ0) is 19.4. The number of rotatable bonds is 13. The van der Waals surface area contributed by atoms with Gasteiger partial charge in [-0.15, -0.1) is 0 Å². The number of benzene rings is 2. The molecule has 0 aromatic heterocycles. The molecule has 0 aliphatic carbocycles. The maximum absolute atomic E-state index is 5.99. The van der Waals surface area contributed by atoms with Crippen LogP contribution in [0, 0.1) is 5.92 Å². The molecule has 156 valence electrons. The summed E-state index contributed by atoms with van der Waals surface area (Å²) in [5.41, 5.74) is 1.42. The fraction of sp³-hybridized carbons (Fsp3) is 0.520. The molecule has 0 saturated heterocycles. The Kier molecular flexibility index (Phi) is 11.9. The van der Waals surface area contributed by atoms with Crippen molar-refractivity contribution in [3.63, 3.8) is 0 Å². The molecular formula is C25H38ClNO. The second-order valence-electron chi connectivity index (χ2n) is 8.47. The van der Waals surface area contributed by atoms with Gasteiger partial charge >= 0.3 is 0 Å². The number of hydrogen-bond acceptors (Lipinski definition) is 1. The maximum atomic E-state index is 5.99. The van der Waals surface area contributed by atoms with Gasteiger partial charge in [0.2, 0.25) is 0 Å². The van der Waals surface area contributed by atoms with E-state index >= 15 is 0 Å². The maximum Gasteiger partial charge on any atom is 0.137 e.